The summed E-state index contributed by atoms with van der Waals surface area (Å²) in [5.74, 6) is -1.56. The number of aliphatic hydroxyl groups is 1. The Labute approximate surface area is 201 Å². The van der Waals surface area contributed by atoms with Crippen LogP contribution in [0.25, 0.3) is 5.76 Å². The molecule has 0 aliphatic heterocycles. The normalized spacial score (nSPS) is 16.4. The molecule has 1 N–H and O–H groups in total. The molecule has 0 fully saturated rings. The van der Waals surface area contributed by atoms with Crippen molar-refractivity contribution in [3.8, 4) is 5.75 Å². The van der Waals surface area contributed by atoms with Gasteiger partial charge in [0.2, 0.25) is 0 Å². The predicted molar refractivity (Wildman–Crippen MR) is 132 cm³/mol. The minimum Gasteiger partial charge on any atom is -0.506 e. The number of methoxy groups -OCH3 is 1. The van der Waals surface area contributed by atoms with E-state index in [1.165, 1.54) is 20.1 Å². The van der Waals surface area contributed by atoms with Gasteiger partial charge in [0, 0.05) is 18.1 Å². The molecule has 34 heavy (non-hydrogen) atoms. The van der Waals surface area contributed by atoms with Gasteiger partial charge in [0.25, 0.3) is 0 Å². The molecule has 1 aromatic carbocycles. The molecule has 6 heteroatoms. The number of Topliss-reactive ketones (excluding diaryl/α,β-unsaturated/α-hetero) is 1. The third-order valence-electron chi connectivity index (χ3n) is 5.99. The summed E-state index contributed by atoms with van der Waals surface area (Å²) in [6, 6.07) is 4.87. The van der Waals surface area contributed by atoms with E-state index in [4.69, 9.17) is 9.47 Å². The van der Waals surface area contributed by atoms with E-state index in [1.807, 2.05) is 39.8 Å². The first-order chi connectivity index (χ1) is 15.9. The van der Waals surface area contributed by atoms with Gasteiger partial charge in [-0.05, 0) is 59.6 Å². The zero-order valence-electron chi connectivity index (χ0n) is 21.1. The Balaban J connectivity index is 2.77. The van der Waals surface area contributed by atoms with Crippen molar-refractivity contribution in [1.29, 1.82) is 0 Å². The number of carbonyl (C=O) groups is 3. The number of hydrogen-bond acceptors (Lipinski definition) is 6. The summed E-state index contributed by atoms with van der Waals surface area (Å²) in [7, 11) is 1.45. The Morgan fingerprint density at radius 1 is 1.03 bits per heavy atom. The highest BCUT2D eigenvalue weighted by molar-refractivity contribution is 6.32. The van der Waals surface area contributed by atoms with Crippen LogP contribution in [0, 0.1) is 5.41 Å². The highest BCUT2D eigenvalue weighted by Gasteiger charge is 2.46. The van der Waals surface area contributed by atoms with Crippen molar-refractivity contribution >= 4 is 23.3 Å². The highest BCUT2D eigenvalue weighted by Crippen LogP contribution is 2.45. The monoisotopic (exact) mass is 466 g/mol. The zero-order valence-corrected chi connectivity index (χ0v) is 21.1. The van der Waals surface area contributed by atoms with Crippen molar-refractivity contribution < 1.29 is 29.0 Å². The van der Waals surface area contributed by atoms with Gasteiger partial charge in [-0.1, -0.05) is 41.0 Å². The van der Waals surface area contributed by atoms with Crippen molar-refractivity contribution in [3.63, 3.8) is 0 Å². The number of carbonyl (C=O) groups excluding carboxylic acids is 3. The second-order valence-corrected chi connectivity index (χ2v) is 9.06. The molecule has 0 heterocycles. The van der Waals surface area contributed by atoms with Crippen molar-refractivity contribution in [2.45, 2.75) is 61.0 Å². The van der Waals surface area contributed by atoms with E-state index in [0.717, 1.165) is 11.1 Å². The summed E-state index contributed by atoms with van der Waals surface area (Å²) < 4.78 is 10.5. The fourth-order valence-electron chi connectivity index (χ4n) is 3.94. The number of hydrogen-bond donors (Lipinski definition) is 1. The minimum absolute atomic E-state index is 0.177. The van der Waals surface area contributed by atoms with Crippen LogP contribution >= 0.6 is 0 Å². The van der Waals surface area contributed by atoms with Crippen molar-refractivity contribution in [1.82, 2.24) is 0 Å². The lowest BCUT2D eigenvalue weighted by atomic mass is 9.65. The van der Waals surface area contributed by atoms with E-state index in [9.17, 15) is 19.5 Å². The van der Waals surface area contributed by atoms with Gasteiger partial charge < -0.3 is 14.6 Å². The molecule has 1 aliphatic rings. The van der Waals surface area contributed by atoms with Gasteiger partial charge in [0.05, 0.1) is 12.5 Å². The third-order valence-corrected chi connectivity index (χ3v) is 5.99. The highest BCUT2D eigenvalue weighted by atomic mass is 16.5. The SMILES string of the molecule is COc1cccc(/C(O)=C2/C(=O)C=C(C)C(CC=C(C)C)(CC=C(C)C)C2=O)c1COC(C)=O. The summed E-state index contributed by atoms with van der Waals surface area (Å²) >= 11 is 0. The van der Waals surface area contributed by atoms with E-state index in [1.54, 1.807) is 25.1 Å². The first-order valence-electron chi connectivity index (χ1n) is 11.2. The number of esters is 1. The quantitative estimate of drug-likeness (QED) is 0.171. The van der Waals surface area contributed by atoms with Crippen LogP contribution in [0.3, 0.4) is 0 Å². The lowest BCUT2D eigenvalue weighted by Gasteiger charge is -2.36. The Hall–Kier alpha value is -3.41. The molecule has 2 rings (SSSR count). The summed E-state index contributed by atoms with van der Waals surface area (Å²) in [6.07, 6.45) is 6.22. The van der Waals surface area contributed by atoms with Gasteiger partial charge in [-0.2, -0.15) is 0 Å². The molecular formula is C28H34O6. The minimum atomic E-state index is -0.985. The van der Waals surface area contributed by atoms with E-state index in [0.29, 0.717) is 29.7 Å². The molecule has 0 bridgehead atoms. The summed E-state index contributed by atoms with van der Waals surface area (Å²) in [5.41, 5.74) is 2.10. The molecule has 0 amide bonds. The Bertz CT molecular complexity index is 1090. The molecule has 0 saturated carbocycles. The number of ether oxygens (including phenoxy) is 2. The van der Waals surface area contributed by atoms with Crippen LogP contribution in [-0.2, 0) is 25.7 Å². The maximum atomic E-state index is 14.0. The summed E-state index contributed by atoms with van der Waals surface area (Å²) in [4.78, 5) is 38.5. The zero-order chi connectivity index (χ0) is 25.6. The van der Waals surface area contributed by atoms with Crippen LogP contribution in [0.15, 0.2) is 58.7 Å². The van der Waals surface area contributed by atoms with Gasteiger partial charge in [-0.3, -0.25) is 14.4 Å². The first-order valence-corrected chi connectivity index (χ1v) is 11.2. The molecule has 0 unspecified atom stereocenters. The van der Waals surface area contributed by atoms with Gasteiger partial charge in [0.1, 0.15) is 23.7 Å². The predicted octanol–water partition coefficient (Wildman–Crippen LogP) is 5.82. The largest absolute Gasteiger partial charge is 0.506 e. The van der Waals surface area contributed by atoms with Crippen LogP contribution in [0.1, 0.15) is 65.5 Å². The second-order valence-electron chi connectivity index (χ2n) is 9.06. The number of rotatable bonds is 8. The molecule has 182 valence electrons. The maximum Gasteiger partial charge on any atom is 0.302 e. The molecule has 0 atom stereocenters. The summed E-state index contributed by atoms with van der Waals surface area (Å²) in [5, 5.41) is 11.3. The Morgan fingerprint density at radius 3 is 2.12 bits per heavy atom. The average molecular weight is 467 g/mol. The first kappa shape index (κ1) is 26.8. The van der Waals surface area contributed by atoms with Crippen molar-refractivity contribution in [3.05, 3.63) is 69.8 Å². The van der Waals surface area contributed by atoms with Gasteiger partial charge in [0.15, 0.2) is 11.6 Å². The van der Waals surface area contributed by atoms with Crippen LogP contribution in [0.4, 0.5) is 0 Å². The number of aliphatic hydroxyl groups excluding tert-OH is 1. The molecule has 1 aliphatic carbocycles. The molecule has 1 aromatic rings. The molecule has 0 radical (unpaired) electrons. The molecule has 0 aromatic heterocycles. The molecule has 0 spiro atoms. The Kier molecular flexibility index (Phi) is 8.80. The second kappa shape index (κ2) is 11.1. The van der Waals surface area contributed by atoms with Crippen molar-refractivity contribution in [2.24, 2.45) is 5.41 Å². The van der Waals surface area contributed by atoms with Gasteiger partial charge in [-0.25, -0.2) is 0 Å². The smallest absolute Gasteiger partial charge is 0.302 e. The fraction of sp³-hybridized carbons (Fsp3) is 0.393. The number of benzene rings is 1. The fourth-order valence-corrected chi connectivity index (χ4v) is 3.94. The number of ketones is 2. The Morgan fingerprint density at radius 2 is 1.62 bits per heavy atom. The van der Waals surface area contributed by atoms with Crippen LogP contribution in [0.2, 0.25) is 0 Å². The van der Waals surface area contributed by atoms with Gasteiger partial charge >= 0.3 is 5.97 Å². The average Bonchev–Trinajstić information content (AvgIpc) is 2.76. The lowest BCUT2D eigenvalue weighted by molar-refractivity contribution is -0.142. The van der Waals surface area contributed by atoms with E-state index >= 15 is 0 Å². The van der Waals surface area contributed by atoms with Crippen LogP contribution in [0.5, 0.6) is 5.75 Å². The summed E-state index contributed by atoms with van der Waals surface area (Å²) in [6.45, 7) is 10.7. The number of allylic oxidation sites excluding steroid dienone is 7. The maximum absolute atomic E-state index is 14.0. The third kappa shape index (κ3) is 5.74. The van der Waals surface area contributed by atoms with Gasteiger partial charge in [-0.15, -0.1) is 0 Å². The van der Waals surface area contributed by atoms with E-state index in [2.05, 4.69) is 0 Å². The molecule has 0 saturated heterocycles. The van der Waals surface area contributed by atoms with E-state index in [-0.39, 0.29) is 17.7 Å². The standard InChI is InChI=1S/C28H34O6/c1-17(2)11-13-28(14-12-18(3)4)19(5)15-23(30)25(27(28)32)26(31)21-9-8-10-24(33-7)22(21)16-34-20(6)29/h8-12,15,31H,13-14,16H2,1-7H3/b26-25+. The topological polar surface area (TPSA) is 89.9 Å². The van der Waals surface area contributed by atoms with Crippen molar-refractivity contribution in [2.75, 3.05) is 7.11 Å². The lowest BCUT2D eigenvalue weighted by Crippen LogP contribution is -2.39. The molecular weight excluding hydrogens is 432 g/mol. The molecule has 6 nitrogen and oxygen atoms in total. The van der Waals surface area contributed by atoms with Crippen LogP contribution in [-0.4, -0.2) is 29.8 Å². The van der Waals surface area contributed by atoms with E-state index < -0.39 is 28.7 Å². The van der Waals surface area contributed by atoms with Crippen LogP contribution < -0.4 is 4.74 Å².